The molecule has 2 aromatic rings. The lowest BCUT2D eigenvalue weighted by atomic mass is 9.89. The van der Waals surface area contributed by atoms with Gasteiger partial charge < -0.3 is 0 Å². The van der Waals surface area contributed by atoms with E-state index in [1.54, 1.807) is 30.3 Å². The Morgan fingerprint density at radius 3 is 2.39 bits per heavy atom. The Balaban J connectivity index is 0.00000112. The van der Waals surface area contributed by atoms with Crippen molar-refractivity contribution in [2.24, 2.45) is 0 Å². The maximum Gasteiger partial charge on any atom is 0.262 e. The summed E-state index contributed by atoms with van der Waals surface area (Å²) >= 11 is 0. The summed E-state index contributed by atoms with van der Waals surface area (Å²) in [7, 11) is 0. The summed E-state index contributed by atoms with van der Waals surface area (Å²) in [5.74, 6) is -0.598. The Hall–Kier alpha value is -3.78. The monoisotopic (exact) mass is 409 g/mol. The number of hydrogen-bond acceptors (Lipinski definition) is 4. The number of benzene rings is 1. The summed E-state index contributed by atoms with van der Waals surface area (Å²) in [6, 6.07) is 6.35. The number of carbonyl (C=O) groups excluding carboxylic acids is 2. The molecule has 0 saturated heterocycles. The molecule has 1 atom stereocenters. The number of carbonyl (C=O) groups is 2. The van der Waals surface area contributed by atoms with E-state index < -0.39 is 6.04 Å². The van der Waals surface area contributed by atoms with Crippen LogP contribution in [0.4, 0.5) is 0 Å². The van der Waals surface area contributed by atoms with E-state index in [0.717, 1.165) is 35.2 Å². The summed E-state index contributed by atoms with van der Waals surface area (Å²) < 4.78 is 0. The van der Waals surface area contributed by atoms with Gasteiger partial charge in [-0.05, 0) is 55.7 Å². The second-order valence-corrected chi connectivity index (χ2v) is 7.19. The van der Waals surface area contributed by atoms with Gasteiger partial charge in [-0.15, -0.1) is 0 Å². The normalized spacial score (nSPS) is 16.5. The maximum absolute atomic E-state index is 13.0. The third kappa shape index (κ3) is 3.40. The van der Waals surface area contributed by atoms with Gasteiger partial charge in [-0.1, -0.05) is 49.6 Å². The number of fused-ring (bicyclic) bond motifs is 2. The summed E-state index contributed by atoms with van der Waals surface area (Å²) in [6.07, 6.45) is 11.5. The van der Waals surface area contributed by atoms with Gasteiger partial charge in [0.1, 0.15) is 0 Å². The van der Waals surface area contributed by atoms with Crippen LogP contribution in [0.1, 0.15) is 76.5 Å². The van der Waals surface area contributed by atoms with Crippen molar-refractivity contribution in [2.75, 3.05) is 0 Å². The number of amides is 2. The van der Waals surface area contributed by atoms with E-state index in [-0.39, 0.29) is 11.8 Å². The third-order valence-electron chi connectivity index (χ3n) is 5.50. The molecule has 154 valence electrons. The molecule has 5 nitrogen and oxygen atoms in total. The molecule has 0 bridgehead atoms. The molecule has 3 aliphatic rings. The molecule has 2 amide bonds. The van der Waals surface area contributed by atoms with E-state index in [1.165, 1.54) is 4.90 Å². The highest BCUT2D eigenvalue weighted by atomic mass is 16.2. The van der Waals surface area contributed by atoms with Gasteiger partial charge in [0.05, 0.1) is 28.6 Å². The lowest BCUT2D eigenvalue weighted by Crippen LogP contribution is -2.34. The molecule has 0 saturated carbocycles. The van der Waals surface area contributed by atoms with Crippen molar-refractivity contribution >= 4 is 23.5 Å². The lowest BCUT2D eigenvalue weighted by Gasteiger charge is -2.26. The fourth-order valence-electron chi connectivity index (χ4n) is 4.07. The van der Waals surface area contributed by atoms with Crippen LogP contribution in [0.25, 0.3) is 11.6 Å². The highest BCUT2D eigenvalue weighted by molar-refractivity contribution is 6.21. The molecule has 1 unspecified atom stereocenters. The van der Waals surface area contributed by atoms with Crippen LogP contribution < -0.4 is 0 Å². The van der Waals surface area contributed by atoms with Gasteiger partial charge >= 0.3 is 0 Å². The smallest absolute Gasteiger partial charge is 0.262 e. The maximum atomic E-state index is 13.0. The molecule has 0 spiro atoms. The quantitative estimate of drug-likeness (QED) is 0.524. The standard InChI is InChI=1S/C24H17N3O2.C2H6/c1-15(27-23(28)17-11-5-6-12-18(17)24(27)29)22-21(16-9-3-2-4-10-16)19-13-7-8-14-20(19)25-26-22;1-2/h3,5-7,9-13,15H,8,14H2,1H3;1-2H3. The molecular weight excluding hydrogens is 386 g/mol. The average molecular weight is 409 g/mol. The number of hydrogen-bond donors (Lipinski definition) is 0. The van der Waals surface area contributed by atoms with E-state index in [9.17, 15) is 9.59 Å². The van der Waals surface area contributed by atoms with Crippen LogP contribution in [0.5, 0.6) is 0 Å². The fraction of sp³-hybridized carbons (Fsp3) is 0.231. The first-order valence-electron chi connectivity index (χ1n) is 10.6. The van der Waals surface area contributed by atoms with E-state index in [2.05, 4.69) is 33.8 Å². The van der Waals surface area contributed by atoms with Gasteiger partial charge in [0.25, 0.3) is 11.8 Å². The minimum Gasteiger partial charge on any atom is -0.269 e. The molecule has 0 fully saturated rings. The Labute approximate surface area is 181 Å². The number of nitrogens with zero attached hydrogens (tertiary/aromatic N) is 3. The minimum absolute atomic E-state index is 0.299. The molecule has 31 heavy (non-hydrogen) atoms. The van der Waals surface area contributed by atoms with Crippen LogP contribution in [0, 0.1) is 0 Å². The first kappa shape index (κ1) is 20.5. The lowest BCUT2D eigenvalue weighted by molar-refractivity contribution is 0.0591. The highest BCUT2D eigenvalue weighted by Gasteiger charge is 2.40. The number of imide groups is 1. The van der Waals surface area contributed by atoms with Gasteiger partial charge in [-0.25, -0.2) is 0 Å². The van der Waals surface area contributed by atoms with Crippen molar-refractivity contribution in [3.05, 3.63) is 93.7 Å². The SMILES string of the molecule is CC.CC(c1nnc2c(c1C1=CC=C=C=C1)C=CCC2)N1C(=O)c2ccccc2C1=O. The molecule has 5 heteroatoms. The van der Waals surface area contributed by atoms with E-state index >= 15 is 0 Å². The number of rotatable bonds is 3. The molecule has 1 aromatic carbocycles. The van der Waals surface area contributed by atoms with E-state index in [1.807, 2.05) is 32.9 Å². The van der Waals surface area contributed by atoms with Crippen LogP contribution in [-0.2, 0) is 6.42 Å². The summed E-state index contributed by atoms with van der Waals surface area (Å²) in [4.78, 5) is 27.3. The number of allylic oxidation sites excluding steroid dienone is 5. The second kappa shape index (κ2) is 8.53. The highest BCUT2D eigenvalue weighted by Crippen LogP contribution is 2.37. The van der Waals surface area contributed by atoms with Gasteiger partial charge in [0, 0.05) is 11.1 Å². The van der Waals surface area contributed by atoms with Crippen LogP contribution in [0.3, 0.4) is 0 Å². The second-order valence-electron chi connectivity index (χ2n) is 7.19. The predicted molar refractivity (Wildman–Crippen MR) is 120 cm³/mol. The van der Waals surface area contributed by atoms with Gasteiger partial charge in [-0.2, -0.15) is 10.2 Å². The van der Waals surface area contributed by atoms with Crippen molar-refractivity contribution in [2.45, 2.75) is 39.7 Å². The van der Waals surface area contributed by atoms with Crippen molar-refractivity contribution in [3.63, 3.8) is 0 Å². The van der Waals surface area contributed by atoms with Crippen LogP contribution in [0.2, 0.25) is 0 Å². The largest absolute Gasteiger partial charge is 0.269 e. The fourth-order valence-corrected chi connectivity index (χ4v) is 4.07. The molecule has 2 aliphatic carbocycles. The van der Waals surface area contributed by atoms with Crippen LogP contribution in [-0.4, -0.2) is 26.9 Å². The molecule has 0 N–H and O–H groups in total. The average Bonchev–Trinajstić information content (AvgIpc) is 3.10. The molecule has 5 rings (SSSR count). The predicted octanol–water partition coefficient (Wildman–Crippen LogP) is 5.08. The van der Waals surface area contributed by atoms with Crippen molar-refractivity contribution in [1.29, 1.82) is 0 Å². The minimum atomic E-state index is -0.560. The first-order valence-corrected chi connectivity index (χ1v) is 10.6. The Morgan fingerprint density at radius 1 is 1.03 bits per heavy atom. The van der Waals surface area contributed by atoms with Gasteiger partial charge in [0.15, 0.2) is 0 Å². The van der Waals surface area contributed by atoms with E-state index in [0.29, 0.717) is 16.8 Å². The van der Waals surface area contributed by atoms with Gasteiger partial charge in [0.2, 0.25) is 0 Å². The Bertz CT molecular complexity index is 1200. The zero-order valence-electron chi connectivity index (χ0n) is 17.8. The molecule has 2 heterocycles. The van der Waals surface area contributed by atoms with Crippen molar-refractivity contribution < 1.29 is 9.59 Å². The van der Waals surface area contributed by atoms with Crippen molar-refractivity contribution in [1.82, 2.24) is 15.1 Å². The zero-order valence-corrected chi connectivity index (χ0v) is 17.8. The van der Waals surface area contributed by atoms with Crippen molar-refractivity contribution in [3.8, 4) is 0 Å². The molecular formula is C26H23N3O2. The third-order valence-corrected chi connectivity index (χ3v) is 5.50. The van der Waals surface area contributed by atoms with Gasteiger partial charge in [-0.3, -0.25) is 14.5 Å². The summed E-state index contributed by atoms with van der Waals surface area (Å²) in [5.41, 5.74) is 11.1. The molecule has 1 aliphatic heterocycles. The Morgan fingerprint density at radius 2 is 1.74 bits per heavy atom. The molecule has 1 aromatic heterocycles. The zero-order chi connectivity index (χ0) is 22.0. The van der Waals surface area contributed by atoms with E-state index in [4.69, 9.17) is 0 Å². The summed E-state index contributed by atoms with van der Waals surface area (Å²) in [6.45, 7) is 5.83. The number of aromatic nitrogens is 2. The summed E-state index contributed by atoms with van der Waals surface area (Å²) in [5, 5.41) is 8.92. The Kier molecular flexibility index (Phi) is 5.64. The number of aryl methyl sites for hydroxylation is 1. The first-order chi connectivity index (χ1) is 15.2. The topological polar surface area (TPSA) is 63.2 Å². The molecule has 0 radical (unpaired) electrons. The van der Waals surface area contributed by atoms with Crippen LogP contribution in [0.15, 0.2) is 60.0 Å². The van der Waals surface area contributed by atoms with Crippen LogP contribution >= 0.6 is 0 Å².